The molecule has 8 nitrogen and oxygen atoms in total. The molecule has 0 saturated carbocycles. The molecule has 0 bridgehead atoms. The smallest absolute Gasteiger partial charge is 0.759 e. The van der Waals surface area contributed by atoms with Gasteiger partial charge >= 0.3 is 65.1 Å². The van der Waals surface area contributed by atoms with E-state index < -0.39 is 10.4 Å². The number of halogens is 1. The van der Waals surface area contributed by atoms with Crippen molar-refractivity contribution in [1.29, 1.82) is 0 Å². The number of aromatic nitrogens is 2. The maximum atomic E-state index is 11.9. The van der Waals surface area contributed by atoms with Crippen LogP contribution in [0.2, 0.25) is 0 Å². The van der Waals surface area contributed by atoms with Crippen LogP contribution in [0, 0.1) is 5.92 Å². The molecular weight excluding hydrogens is 438 g/mol. The molecule has 0 aliphatic rings. The fraction of sp³-hybridized carbons (Fsp3) is 0.385. The van der Waals surface area contributed by atoms with Gasteiger partial charge in [-0.05, 0) is 18.1 Å². The van der Waals surface area contributed by atoms with Gasteiger partial charge in [0.2, 0.25) is 0 Å². The van der Waals surface area contributed by atoms with E-state index in [1.807, 2.05) is 18.2 Å². The summed E-state index contributed by atoms with van der Waals surface area (Å²) in [5.41, 5.74) is 1.30. The number of benzene rings is 1. The monoisotopic (exact) mass is 452 g/mol. The molecule has 0 radical (unpaired) electrons. The zero-order chi connectivity index (χ0) is 17.8. The number of nitrogens with zero attached hydrogens (tertiary/aromatic N) is 2. The topological polar surface area (TPSA) is 124 Å². The predicted octanol–water partition coefficient (Wildman–Crippen LogP) is -4.09. The molecule has 25 heavy (non-hydrogen) atoms. The number of carbonyl (C=O) groups excluding carboxylic acids is 1. The van der Waals surface area contributed by atoms with Crippen molar-refractivity contribution in [2.45, 2.75) is 20.4 Å². The Balaban J connectivity index is 0. The van der Waals surface area contributed by atoms with Crippen LogP contribution in [0.5, 0.6) is 0 Å². The molecule has 1 aromatic heterocycles. The van der Waals surface area contributed by atoms with Crippen molar-refractivity contribution in [3.8, 4) is 0 Å². The summed E-state index contributed by atoms with van der Waals surface area (Å²) >= 11 is 3.46. The molecule has 0 fully saturated rings. The Labute approximate surface area is 199 Å². The number of fused-ring (bicyclic) bond motifs is 1. The van der Waals surface area contributed by atoms with Crippen LogP contribution in [0.4, 0.5) is 0 Å². The minimum Gasteiger partial charge on any atom is -0.759 e. The van der Waals surface area contributed by atoms with Gasteiger partial charge in [-0.2, -0.15) is 5.10 Å². The molecule has 1 aromatic carbocycles. The Morgan fingerprint density at radius 3 is 2.28 bits per heavy atom. The van der Waals surface area contributed by atoms with E-state index in [-0.39, 0.29) is 65.1 Å². The van der Waals surface area contributed by atoms with Gasteiger partial charge < -0.3 is 13.8 Å². The first-order valence-electron chi connectivity index (χ1n) is 6.44. The van der Waals surface area contributed by atoms with Crippen molar-refractivity contribution in [1.82, 2.24) is 9.78 Å². The zero-order valence-corrected chi connectivity index (χ0v) is 21.0. The van der Waals surface area contributed by atoms with Crippen LogP contribution in [0.15, 0.2) is 22.7 Å². The molecule has 2 rings (SSSR count). The Bertz CT molecular complexity index is 802. The molecule has 0 N–H and O–H groups in total. The van der Waals surface area contributed by atoms with Crippen LogP contribution in [0.3, 0.4) is 0 Å². The molecule has 12 heteroatoms. The first-order valence-corrected chi connectivity index (χ1v) is 8.57. The van der Waals surface area contributed by atoms with Gasteiger partial charge in [0, 0.05) is 26.8 Å². The van der Waals surface area contributed by atoms with Crippen LogP contribution < -0.4 is 59.1 Å². The molecule has 0 amide bonds. The molecule has 0 atom stereocenters. The number of hydrogen-bond acceptors (Lipinski definition) is 7. The number of methoxy groups -OCH3 is 1. The molecule has 0 spiro atoms. The molecule has 2 aromatic rings. The maximum absolute atomic E-state index is 11.9. The number of carbonyl (C=O) groups is 1. The van der Waals surface area contributed by atoms with Gasteiger partial charge in [0.05, 0.1) is 12.6 Å². The summed E-state index contributed by atoms with van der Waals surface area (Å²) in [6, 6.07) is 5.69. The van der Waals surface area contributed by atoms with E-state index in [0.29, 0.717) is 18.2 Å². The van der Waals surface area contributed by atoms with E-state index in [4.69, 9.17) is 22.3 Å². The van der Waals surface area contributed by atoms with Crippen molar-refractivity contribution in [2.75, 3.05) is 7.11 Å². The van der Waals surface area contributed by atoms with Crippen molar-refractivity contribution in [2.24, 2.45) is 5.92 Å². The summed E-state index contributed by atoms with van der Waals surface area (Å²) < 4.78 is 41.5. The van der Waals surface area contributed by atoms with Gasteiger partial charge in [0.1, 0.15) is 0 Å². The zero-order valence-electron chi connectivity index (χ0n) is 14.6. The van der Waals surface area contributed by atoms with Gasteiger partial charge in [0.15, 0.2) is 5.69 Å². The number of ether oxygens (including phenoxy) is 1. The van der Waals surface area contributed by atoms with E-state index in [9.17, 15) is 4.79 Å². The Hall–Kier alpha value is 0.510. The van der Waals surface area contributed by atoms with Crippen molar-refractivity contribution in [3.63, 3.8) is 0 Å². The second-order valence-corrected chi connectivity index (χ2v) is 6.63. The van der Waals surface area contributed by atoms with Gasteiger partial charge in [0.25, 0.3) is 0 Å². The predicted molar refractivity (Wildman–Crippen MR) is 84.1 cm³/mol. The third kappa shape index (κ3) is 9.32. The third-order valence-corrected chi connectivity index (χ3v) is 3.29. The average Bonchev–Trinajstić information content (AvgIpc) is 2.74. The van der Waals surface area contributed by atoms with Gasteiger partial charge in [-0.3, -0.25) is 13.1 Å². The second kappa shape index (κ2) is 12.1. The minimum atomic E-state index is -5.17. The van der Waals surface area contributed by atoms with Crippen LogP contribution >= 0.6 is 15.9 Å². The van der Waals surface area contributed by atoms with Crippen LogP contribution in [0.25, 0.3) is 10.9 Å². The molecule has 0 saturated heterocycles. The normalized spacial score (nSPS) is 10.4. The molecular formula is C13H15BrN2Na2O6S. The first-order chi connectivity index (χ1) is 10.5. The number of esters is 1. The van der Waals surface area contributed by atoms with E-state index in [1.165, 1.54) is 7.11 Å². The Morgan fingerprint density at radius 1 is 1.32 bits per heavy atom. The maximum Gasteiger partial charge on any atom is 1.00 e. The largest absolute Gasteiger partial charge is 1.00 e. The van der Waals surface area contributed by atoms with Crippen molar-refractivity contribution in [3.05, 3.63) is 28.4 Å². The molecule has 1 heterocycles. The van der Waals surface area contributed by atoms with Gasteiger partial charge in [-0.25, -0.2) is 4.79 Å². The van der Waals surface area contributed by atoms with Gasteiger partial charge in [-0.15, -0.1) is 0 Å². The molecule has 0 aliphatic heterocycles. The Morgan fingerprint density at radius 2 is 1.84 bits per heavy atom. The van der Waals surface area contributed by atoms with E-state index in [1.54, 1.807) is 4.68 Å². The second-order valence-electron chi connectivity index (χ2n) is 4.96. The van der Waals surface area contributed by atoms with E-state index >= 15 is 0 Å². The van der Waals surface area contributed by atoms with Crippen LogP contribution in [0.1, 0.15) is 24.3 Å². The summed E-state index contributed by atoms with van der Waals surface area (Å²) in [6.07, 6.45) is 0. The van der Waals surface area contributed by atoms with Crippen LogP contribution in [-0.2, 0) is 21.7 Å². The average molecular weight is 453 g/mol. The standard InChI is InChI=1S/C13H15BrN2O2.2Na.H2O4S/c1-8(2)7-16-12(13(17)18-3)11-9(14)5-4-6-10(11)15-16;;;1-5(2,3)4/h4-6,8H,7H2,1-3H3;;;(H2,1,2,3,4)/q;2*+1;/p-2. The summed E-state index contributed by atoms with van der Waals surface area (Å²) in [5, 5.41) is 5.28. The Kier molecular flexibility index (Phi) is 13.4. The van der Waals surface area contributed by atoms with E-state index in [2.05, 4.69) is 34.9 Å². The fourth-order valence-corrected chi connectivity index (χ4v) is 2.47. The quantitative estimate of drug-likeness (QED) is 0.200. The van der Waals surface area contributed by atoms with Gasteiger partial charge in [-0.1, -0.05) is 35.8 Å². The molecule has 0 unspecified atom stereocenters. The molecule has 128 valence electrons. The van der Waals surface area contributed by atoms with Crippen molar-refractivity contribution < 1.29 is 86.2 Å². The van der Waals surface area contributed by atoms with Crippen LogP contribution in [-0.4, -0.2) is 40.4 Å². The fourth-order valence-electron chi connectivity index (χ4n) is 1.92. The minimum absolute atomic E-state index is 0. The summed E-state index contributed by atoms with van der Waals surface area (Å²) in [5.74, 6) is 0.0477. The summed E-state index contributed by atoms with van der Waals surface area (Å²) in [6.45, 7) is 4.86. The SMILES string of the molecule is COC(=O)c1c2c(Br)cccc2nn1CC(C)C.O=S(=O)([O-])[O-].[Na+].[Na+]. The first kappa shape index (κ1) is 27.7. The number of hydrogen-bond donors (Lipinski definition) is 0. The summed E-state index contributed by atoms with van der Waals surface area (Å²) in [4.78, 5) is 11.9. The third-order valence-electron chi connectivity index (χ3n) is 2.63. The summed E-state index contributed by atoms with van der Waals surface area (Å²) in [7, 11) is -3.78. The van der Waals surface area contributed by atoms with Crippen molar-refractivity contribution >= 4 is 43.2 Å². The van der Waals surface area contributed by atoms with E-state index in [0.717, 1.165) is 15.4 Å². The number of rotatable bonds is 3. The molecule has 0 aliphatic carbocycles.